The summed E-state index contributed by atoms with van der Waals surface area (Å²) in [6, 6.07) is 5.32. The van der Waals surface area contributed by atoms with Crippen molar-refractivity contribution >= 4 is 11.7 Å². The lowest BCUT2D eigenvalue weighted by Gasteiger charge is -2.29. The minimum Gasteiger partial charge on any atom is -0.346 e. The number of pyridine rings is 1. The molecule has 1 fully saturated rings. The zero-order valence-electron chi connectivity index (χ0n) is 12.5. The lowest BCUT2D eigenvalue weighted by Crippen LogP contribution is -2.48. The van der Waals surface area contributed by atoms with Crippen LogP contribution in [0.1, 0.15) is 45.7 Å². The number of carbonyl (C=O) groups excluding carboxylic acids is 2. The third-order valence-electron chi connectivity index (χ3n) is 3.75. The van der Waals surface area contributed by atoms with Gasteiger partial charge in [0.1, 0.15) is 0 Å². The molecular formula is C16H22N2O2. The van der Waals surface area contributed by atoms with Crippen LogP contribution >= 0.6 is 0 Å². The first-order valence-corrected chi connectivity index (χ1v) is 7.02. The molecule has 1 heterocycles. The molecule has 0 bridgehead atoms. The zero-order valence-corrected chi connectivity index (χ0v) is 12.5. The number of nitrogens with one attached hydrogen (secondary N) is 1. The predicted octanol–water partition coefficient (Wildman–Crippen LogP) is 2.31. The van der Waals surface area contributed by atoms with Gasteiger partial charge in [-0.1, -0.05) is 26.8 Å². The standard InChI is InChI=1S/C16H22N2O2/c1-10(19)14(16(2,3)4)18-15(20)12-9-11(12)13-7-5-6-8-17-13/h5-8,11-12,14H,9H2,1-4H3,(H,18,20)/t11?,12-,14-/m1/s1. The topological polar surface area (TPSA) is 59.1 Å². The Hall–Kier alpha value is -1.71. The molecule has 1 aromatic heterocycles. The number of ketones is 1. The Morgan fingerprint density at radius 2 is 2.05 bits per heavy atom. The van der Waals surface area contributed by atoms with E-state index in [0.29, 0.717) is 0 Å². The molecule has 108 valence electrons. The molecule has 3 atom stereocenters. The summed E-state index contributed by atoms with van der Waals surface area (Å²) in [5, 5.41) is 2.90. The van der Waals surface area contributed by atoms with Crippen molar-refractivity contribution in [2.24, 2.45) is 11.3 Å². The first-order valence-electron chi connectivity index (χ1n) is 7.02. The second-order valence-corrected chi connectivity index (χ2v) is 6.62. The molecule has 1 N–H and O–H groups in total. The highest BCUT2D eigenvalue weighted by Crippen LogP contribution is 2.46. The van der Waals surface area contributed by atoms with Crippen molar-refractivity contribution in [1.29, 1.82) is 0 Å². The van der Waals surface area contributed by atoms with E-state index in [1.165, 1.54) is 6.92 Å². The molecule has 0 saturated heterocycles. The molecule has 1 aliphatic carbocycles. The fraction of sp³-hybridized carbons (Fsp3) is 0.562. The number of rotatable bonds is 4. The predicted molar refractivity (Wildman–Crippen MR) is 77.2 cm³/mol. The van der Waals surface area contributed by atoms with E-state index in [-0.39, 0.29) is 28.9 Å². The minimum atomic E-state index is -0.431. The van der Waals surface area contributed by atoms with Crippen LogP contribution in [0.15, 0.2) is 24.4 Å². The quantitative estimate of drug-likeness (QED) is 0.916. The average Bonchev–Trinajstić information content (AvgIpc) is 3.15. The van der Waals surface area contributed by atoms with Gasteiger partial charge in [0, 0.05) is 23.7 Å². The molecule has 20 heavy (non-hydrogen) atoms. The van der Waals surface area contributed by atoms with E-state index >= 15 is 0 Å². The fourth-order valence-corrected chi connectivity index (χ4v) is 2.58. The Bertz CT molecular complexity index is 505. The summed E-state index contributed by atoms with van der Waals surface area (Å²) in [7, 11) is 0. The van der Waals surface area contributed by atoms with Crippen molar-refractivity contribution in [2.45, 2.75) is 46.1 Å². The number of hydrogen-bond acceptors (Lipinski definition) is 3. The number of amides is 1. The number of hydrogen-bond donors (Lipinski definition) is 1. The van der Waals surface area contributed by atoms with E-state index < -0.39 is 6.04 Å². The SMILES string of the molecule is CC(=O)[C@@H](NC(=O)[C@@H]1CC1c1ccccn1)C(C)(C)C. The molecule has 0 aliphatic heterocycles. The van der Waals surface area contributed by atoms with Crippen LogP contribution < -0.4 is 5.32 Å². The van der Waals surface area contributed by atoms with Gasteiger partial charge in [0.15, 0.2) is 5.78 Å². The van der Waals surface area contributed by atoms with E-state index in [4.69, 9.17) is 0 Å². The van der Waals surface area contributed by atoms with Crippen molar-refractivity contribution in [3.8, 4) is 0 Å². The Morgan fingerprint density at radius 3 is 2.55 bits per heavy atom. The van der Waals surface area contributed by atoms with Gasteiger partial charge in [-0.15, -0.1) is 0 Å². The second kappa shape index (κ2) is 5.35. The van der Waals surface area contributed by atoms with Gasteiger partial charge in [-0.05, 0) is 30.9 Å². The number of aromatic nitrogens is 1. The molecule has 0 radical (unpaired) electrons. The second-order valence-electron chi connectivity index (χ2n) is 6.62. The summed E-state index contributed by atoms with van der Waals surface area (Å²) in [5.74, 6) is 0.120. The summed E-state index contributed by atoms with van der Waals surface area (Å²) < 4.78 is 0. The summed E-state index contributed by atoms with van der Waals surface area (Å²) in [4.78, 5) is 28.2. The number of carbonyl (C=O) groups is 2. The Balaban J connectivity index is 1.99. The summed E-state index contributed by atoms with van der Waals surface area (Å²) in [6.07, 6.45) is 2.56. The monoisotopic (exact) mass is 274 g/mol. The first-order chi connectivity index (χ1) is 9.30. The molecule has 4 heteroatoms. The lowest BCUT2D eigenvalue weighted by molar-refractivity contribution is -0.130. The van der Waals surface area contributed by atoms with Crippen molar-refractivity contribution in [3.05, 3.63) is 30.1 Å². The smallest absolute Gasteiger partial charge is 0.224 e. The molecule has 1 aliphatic rings. The summed E-state index contributed by atoms with van der Waals surface area (Å²) >= 11 is 0. The van der Waals surface area contributed by atoms with Gasteiger partial charge in [0.2, 0.25) is 5.91 Å². The molecule has 4 nitrogen and oxygen atoms in total. The Labute approximate surface area is 120 Å². The minimum absolute atomic E-state index is 0.000820. The van der Waals surface area contributed by atoms with Crippen LogP contribution in [0.4, 0.5) is 0 Å². The fourth-order valence-electron chi connectivity index (χ4n) is 2.58. The van der Waals surface area contributed by atoms with E-state index in [2.05, 4.69) is 10.3 Å². The van der Waals surface area contributed by atoms with Crippen LogP contribution in [-0.2, 0) is 9.59 Å². The molecule has 0 aromatic carbocycles. The maximum absolute atomic E-state index is 12.3. The van der Waals surface area contributed by atoms with Gasteiger partial charge in [-0.2, -0.15) is 0 Å². The highest BCUT2D eigenvalue weighted by molar-refractivity contribution is 5.90. The molecule has 1 saturated carbocycles. The maximum atomic E-state index is 12.3. The maximum Gasteiger partial charge on any atom is 0.224 e. The van der Waals surface area contributed by atoms with Gasteiger partial charge >= 0.3 is 0 Å². The third-order valence-corrected chi connectivity index (χ3v) is 3.75. The number of Topliss-reactive ketones (excluding diaryl/α,β-unsaturated/α-hetero) is 1. The van der Waals surface area contributed by atoms with E-state index in [1.54, 1.807) is 6.20 Å². The van der Waals surface area contributed by atoms with Crippen LogP contribution in [0.2, 0.25) is 0 Å². The Morgan fingerprint density at radius 1 is 1.35 bits per heavy atom. The van der Waals surface area contributed by atoms with Crippen molar-refractivity contribution in [3.63, 3.8) is 0 Å². The number of nitrogens with zero attached hydrogens (tertiary/aromatic N) is 1. The molecular weight excluding hydrogens is 252 g/mol. The highest BCUT2D eigenvalue weighted by Gasteiger charge is 2.46. The third kappa shape index (κ3) is 3.24. The van der Waals surface area contributed by atoms with Crippen LogP contribution in [0.5, 0.6) is 0 Å². The Kier molecular flexibility index (Phi) is 3.93. The van der Waals surface area contributed by atoms with Crippen LogP contribution in [0.25, 0.3) is 0 Å². The van der Waals surface area contributed by atoms with Gasteiger partial charge in [0.05, 0.1) is 6.04 Å². The van der Waals surface area contributed by atoms with Gasteiger partial charge in [-0.3, -0.25) is 14.6 Å². The normalized spacial score (nSPS) is 23.0. The average molecular weight is 274 g/mol. The van der Waals surface area contributed by atoms with Crippen molar-refractivity contribution < 1.29 is 9.59 Å². The molecule has 0 spiro atoms. The van der Waals surface area contributed by atoms with Crippen LogP contribution in [0.3, 0.4) is 0 Å². The van der Waals surface area contributed by atoms with Gasteiger partial charge in [-0.25, -0.2) is 0 Å². The van der Waals surface area contributed by atoms with E-state index in [0.717, 1.165) is 12.1 Å². The zero-order chi connectivity index (χ0) is 14.9. The van der Waals surface area contributed by atoms with E-state index in [9.17, 15) is 9.59 Å². The first kappa shape index (κ1) is 14.7. The van der Waals surface area contributed by atoms with Gasteiger partial charge in [0.25, 0.3) is 0 Å². The highest BCUT2D eigenvalue weighted by atomic mass is 16.2. The summed E-state index contributed by atoms with van der Waals surface area (Å²) in [5.41, 5.74) is 0.694. The van der Waals surface area contributed by atoms with Crippen LogP contribution in [-0.4, -0.2) is 22.7 Å². The molecule has 1 aromatic rings. The molecule has 1 unspecified atom stereocenters. The lowest BCUT2D eigenvalue weighted by atomic mass is 9.84. The van der Waals surface area contributed by atoms with Gasteiger partial charge < -0.3 is 5.32 Å². The van der Waals surface area contributed by atoms with Crippen LogP contribution in [0, 0.1) is 11.3 Å². The van der Waals surface area contributed by atoms with E-state index in [1.807, 2.05) is 39.0 Å². The molecule has 1 amide bonds. The van der Waals surface area contributed by atoms with Crippen molar-refractivity contribution in [1.82, 2.24) is 10.3 Å². The largest absolute Gasteiger partial charge is 0.346 e. The van der Waals surface area contributed by atoms with Crippen molar-refractivity contribution in [2.75, 3.05) is 0 Å². The summed E-state index contributed by atoms with van der Waals surface area (Å²) in [6.45, 7) is 7.41. The molecule has 2 rings (SSSR count).